The third-order valence-corrected chi connectivity index (χ3v) is 4.62. The standard InChI is InChI=1S/C21H32N2O3/c1-5-7-9-10-14-26-20-19(25-4)17-12-11-16(22-13-8-6-2)15-18(17)23(3)21(20)24/h11-12,15,22H,5-10,13-14H2,1-4H3. The van der Waals surface area contributed by atoms with Gasteiger partial charge >= 0.3 is 0 Å². The second-order valence-electron chi connectivity index (χ2n) is 6.65. The van der Waals surface area contributed by atoms with Gasteiger partial charge in [-0.15, -0.1) is 0 Å². The summed E-state index contributed by atoms with van der Waals surface area (Å²) in [5.41, 5.74) is 1.69. The van der Waals surface area contributed by atoms with Gasteiger partial charge in [-0.3, -0.25) is 4.79 Å². The molecular formula is C21H32N2O3. The summed E-state index contributed by atoms with van der Waals surface area (Å²) in [7, 11) is 3.37. The molecule has 2 aromatic rings. The van der Waals surface area contributed by atoms with Gasteiger partial charge in [0.25, 0.3) is 5.56 Å². The predicted molar refractivity (Wildman–Crippen MR) is 109 cm³/mol. The van der Waals surface area contributed by atoms with E-state index in [9.17, 15) is 4.79 Å². The summed E-state index contributed by atoms with van der Waals surface area (Å²) < 4.78 is 13.0. The maximum atomic E-state index is 12.8. The van der Waals surface area contributed by atoms with Gasteiger partial charge in [0.15, 0.2) is 5.75 Å². The highest BCUT2D eigenvalue weighted by Crippen LogP contribution is 2.33. The van der Waals surface area contributed by atoms with E-state index in [1.54, 1.807) is 18.7 Å². The Balaban J connectivity index is 2.31. The summed E-state index contributed by atoms with van der Waals surface area (Å²) in [6.45, 7) is 5.80. The van der Waals surface area contributed by atoms with Gasteiger partial charge in [-0.05, 0) is 31.0 Å². The van der Waals surface area contributed by atoms with Crippen LogP contribution in [0, 0.1) is 0 Å². The van der Waals surface area contributed by atoms with Crippen LogP contribution >= 0.6 is 0 Å². The average Bonchev–Trinajstić information content (AvgIpc) is 2.66. The van der Waals surface area contributed by atoms with Crippen molar-refractivity contribution in [2.24, 2.45) is 7.05 Å². The van der Waals surface area contributed by atoms with Crippen LogP contribution in [-0.4, -0.2) is 24.8 Å². The van der Waals surface area contributed by atoms with Crippen LogP contribution < -0.4 is 20.3 Å². The van der Waals surface area contributed by atoms with Crippen LogP contribution in [0.15, 0.2) is 23.0 Å². The number of nitrogens with one attached hydrogen (secondary N) is 1. The number of unbranched alkanes of at least 4 members (excludes halogenated alkanes) is 4. The molecule has 0 aliphatic rings. The van der Waals surface area contributed by atoms with Gasteiger partial charge in [-0.1, -0.05) is 39.5 Å². The number of ether oxygens (including phenoxy) is 2. The Hall–Kier alpha value is -2.17. The number of fused-ring (bicyclic) bond motifs is 1. The van der Waals surface area contributed by atoms with Gasteiger partial charge in [0.2, 0.25) is 5.75 Å². The molecule has 5 heteroatoms. The normalized spacial score (nSPS) is 10.9. The largest absolute Gasteiger partial charge is 0.492 e. The Morgan fingerprint density at radius 3 is 2.50 bits per heavy atom. The SMILES string of the molecule is CCCCCCOc1c(OC)c2ccc(NCCCC)cc2n(C)c1=O. The summed E-state index contributed by atoms with van der Waals surface area (Å²) in [6.07, 6.45) is 6.68. The van der Waals surface area contributed by atoms with Gasteiger partial charge in [-0.25, -0.2) is 0 Å². The Kier molecular flexibility index (Phi) is 7.82. The molecule has 1 aromatic heterocycles. The summed E-state index contributed by atoms with van der Waals surface area (Å²) in [4.78, 5) is 12.8. The van der Waals surface area contributed by atoms with E-state index in [1.807, 2.05) is 18.2 Å². The molecule has 0 bridgehead atoms. The van der Waals surface area contributed by atoms with E-state index >= 15 is 0 Å². The van der Waals surface area contributed by atoms with Crippen LogP contribution in [0.5, 0.6) is 11.5 Å². The van der Waals surface area contributed by atoms with Crippen LogP contribution in [0.25, 0.3) is 10.9 Å². The molecule has 0 radical (unpaired) electrons. The van der Waals surface area contributed by atoms with Gasteiger partial charge in [0, 0.05) is 24.7 Å². The highest BCUT2D eigenvalue weighted by molar-refractivity contribution is 5.90. The van der Waals surface area contributed by atoms with E-state index in [1.165, 1.54) is 12.8 Å². The zero-order valence-electron chi connectivity index (χ0n) is 16.6. The van der Waals surface area contributed by atoms with Crippen LogP contribution in [0.1, 0.15) is 52.4 Å². The van der Waals surface area contributed by atoms with Crippen LogP contribution in [-0.2, 0) is 7.05 Å². The van der Waals surface area contributed by atoms with E-state index in [0.29, 0.717) is 18.1 Å². The maximum Gasteiger partial charge on any atom is 0.297 e. The smallest absolute Gasteiger partial charge is 0.297 e. The second kappa shape index (κ2) is 10.1. The van der Waals surface area contributed by atoms with Gasteiger partial charge in [-0.2, -0.15) is 0 Å². The van der Waals surface area contributed by atoms with Crippen LogP contribution in [0.2, 0.25) is 0 Å². The number of aromatic nitrogens is 1. The van der Waals surface area contributed by atoms with E-state index in [2.05, 4.69) is 19.2 Å². The minimum Gasteiger partial charge on any atom is -0.492 e. The highest BCUT2D eigenvalue weighted by Gasteiger charge is 2.17. The van der Waals surface area contributed by atoms with Gasteiger partial charge in [0.1, 0.15) is 0 Å². The number of anilines is 1. The summed E-state index contributed by atoms with van der Waals surface area (Å²) >= 11 is 0. The molecule has 0 aliphatic heterocycles. The van der Waals surface area contributed by atoms with Gasteiger partial charge in [0.05, 0.1) is 19.2 Å². The molecule has 144 valence electrons. The lowest BCUT2D eigenvalue weighted by atomic mass is 10.1. The second-order valence-corrected chi connectivity index (χ2v) is 6.65. The monoisotopic (exact) mass is 360 g/mol. The number of pyridine rings is 1. The molecule has 2 rings (SSSR count). The molecule has 0 aliphatic carbocycles. The van der Waals surface area contributed by atoms with Crippen LogP contribution in [0.3, 0.4) is 0 Å². The number of rotatable bonds is 11. The highest BCUT2D eigenvalue weighted by atomic mass is 16.5. The van der Waals surface area contributed by atoms with Crippen molar-refractivity contribution >= 4 is 16.6 Å². The third kappa shape index (κ3) is 4.71. The molecule has 0 saturated heterocycles. The van der Waals surface area contributed by atoms with Gasteiger partial charge < -0.3 is 19.4 Å². The Morgan fingerprint density at radius 2 is 1.81 bits per heavy atom. The van der Waals surface area contributed by atoms with Crippen molar-refractivity contribution in [3.05, 3.63) is 28.6 Å². The zero-order valence-corrected chi connectivity index (χ0v) is 16.6. The minimum absolute atomic E-state index is 0.157. The van der Waals surface area contributed by atoms with Crippen LogP contribution in [0.4, 0.5) is 5.69 Å². The quantitative estimate of drug-likeness (QED) is 0.589. The Bertz CT molecular complexity index is 768. The lowest BCUT2D eigenvalue weighted by molar-refractivity contribution is 0.281. The minimum atomic E-state index is -0.157. The Labute approximate surface area is 156 Å². The van der Waals surface area contributed by atoms with E-state index in [-0.39, 0.29) is 5.56 Å². The lowest BCUT2D eigenvalue weighted by Gasteiger charge is -2.16. The molecule has 0 fully saturated rings. The molecule has 0 spiro atoms. The topological polar surface area (TPSA) is 52.5 Å². The fourth-order valence-corrected chi connectivity index (χ4v) is 3.03. The van der Waals surface area contributed by atoms with Crippen molar-refractivity contribution in [2.45, 2.75) is 52.4 Å². The first kappa shape index (κ1) is 20.1. The average molecular weight is 360 g/mol. The van der Waals surface area contributed by atoms with Crippen molar-refractivity contribution in [3.63, 3.8) is 0 Å². The molecule has 1 heterocycles. The number of nitrogens with zero attached hydrogens (tertiary/aromatic N) is 1. The molecule has 0 saturated carbocycles. The number of methoxy groups -OCH3 is 1. The van der Waals surface area contributed by atoms with Crippen molar-refractivity contribution in [1.82, 2.24) is 4.57 Å². The molecule has 1 aromatic carbocycles. The number of hydrogen-bond donors (Lipinski definition) is 1. The first-order valence-corrected chi connectivity index (χ1v) is 9.71. The van der Waals surface area contributed by atoms with E-state index < -0.39 is 0 Å². The predicted octanol–water partition coefficient (Wildman–Crippen LogP) is 4.72. The number of hydrogen-bond acceptors (Lipinski definition) is 4. The van der Waals surface area contributed by atoms with Crippen molar-refractivity contribution in [3.8, 4) is 11.5 Å². The van der Waals surface area contributed by atoms with E-state index in [0.717, 1.165) is 48.8 Å². The molecule has 0 amide bonds. The van der Waals surface area contributed by atoms with Crippen molar-refractivity contribution in [2.75, 3.05) is 25.6 Å². The molecule has 1 N–H and O–H groups in total. The zero-order chi connectivity index (χ0) is 18.9. The maximum absolute atomic E-state index is 12.8. The third-order valence-electron chi connectivity index (χ3n) is 4.62. The fraction of sp³-hybridized carbons (Fsp3) is 0.571. The van der Waals surface area contributed by atoms with E-state index in [4.69, 9.17) is 9.47 Å². The summed E-state index contributed by atoms with van der Waals surface area (Å²) in [5, 5.41) is 4.29. The fourth-order valence-electron chi connectivity index (χ4n) is 3.03. The Morgan fingerprint density at radius 1 is 1.04 bits per heavy atom. The molecule has 0 unspecified atom stereocenters. The molecular weight excluding hydrogens is 328 g/mol. The summed E-state index contributed by atoms with van der Waals surface area (Å²) in [6, 6.07) is 6.02. The lowest BCUT2D eigenvalue weighted by Crippen LogP contribution is -2.21. The number of aryl methyl sites for hydroxylation is 1. The van der Waals surface area contributed by atoms with Crippen molar-refractivity contribution < 1.29 is 9.47 Å². The summed E-state index contributed by atoms with van der Waals surface area (Å²) in [5.74, 6) is 0.837. The first-order chi connectivity index (χ1) is 12.6. The first-order valence-electron chi connectivity index (χ1n) is 9.71. The molecule has 26 heavy (non-hydrogen) atoms. The molecule has 5 nitrogen and oxygen atoms in total. The number of benzene rings is 1. The molecule has 0 atom stereocenters. The van der Waals surface area contributed by atoms with Crippen molar-refractivity contribution in [1.29, 1.82) is 0 Å².